The first-order valence-corrected chi connectivity index (χ1v) is 8.03. The van der Waals surface area contributed by atoms with Crippen molar-refractivity contribution < 1.29 is 9.13 Å². The Morgan fingerprint density at radius 1 is 1.42 bits per heavy atom. The summed E-state index contributed by atoms with van der Waals surface area (Å²) in [7, 11) is 1.44. The Morgan fingerprint density at radius 2 is 2.25 bits per heavy atom. The summed E-state index contributed by atoms with van der Waals surface area (Å²) >= 11 is 0. The molecule has 0 spiro atoms. The van der Waals surface area contributed by atoms with Crippen molar-refractivity contribution in [2.24, 2.45) is 0 Å². The minimum atomic E-state index is -0.426. The number of fused-ring (bicyclic) bond motifs is 1. The van der Waals surface area contributed by atoms with Crippen molar-refractivity contribution in [3.8, 4) is 5.75 Å². The number of methoxy groups -OCH3 is 1. The maximum Gasteiger partial charge on any atom is 0.229 e. The highest BCUT2D eigenvalue weighted by Crippen LogP contribution is 2.28. The molecular weight excluding hydrogens is 307 g/mol. The minimum Gasteiger partial charge on any atom is -0.494 e. The Hall–Kier alpha value is -2.63. The molecule has 0 radical (unpaired) electrons. The van der Waals surface area contributed by atoms with Gasteiger partial charge in [-0.2, -0.15) is 4.98 Å². The van der Waals surface area contributed by atoms with E-state index in [1.54, 1.807) is 18.3 Å². The van der Waals surface area contributed by atoms with E-state index >= 15 is 0 Å². The molecule has 2 heterocycles. The van der Waals surface area contributed by atoms with Gasteiger partial charge in [0.25, 0.3) is 0 Å². The van der Waals surface area contributed by atoms with Crippen molar-refractivity contribution in [1.82, 2.24) is 9.97 Å². The molecule has 1 aliphatic heterocycles. The molecule has 126 valence electrons. The van der Waals surface area contributed by atoms with E-state index in [9.17, 15) is 4.39 Å². The number of ether oxygens (including phenoxy) is 1. The molecule has 1 atom stereocenters. The van der Waals surface area contributed by atoms with E-state index in [0.29, 0.717) is 17.7 Å². The average Bonchev–Trinajstić information content (AvgIpc) is 2.60. The largest absolute Gasteiger partial charge is 0.494 e. The smallest absolute Gasteiger partial charge is 0.229 e. The van der Waals surface area contributed by atoms with Crippen LogP contribution in [0.4, 0.5) is 21.8 Å². The number of nitrogens with one attached hydrogen (secondary N) is 1. The second-order valence-electron chi connectivity index (χ2n) is 5.76. The fraction of sp³-hybridized carbons (Fsp3) is 0.333. The van der Waals surface area contributed by atoms with E-state index in [1.165, 1.54) is 13.2 Å². The number of halogens is 1. The van der Waals surface area contributed by atoms with Gasteiger partial charge in [0.2, 0.25) is 5.95 Å². The third-order valence-electron chi connectivity index (χ3n) is 4.20. The van der Waals surface area contributed by atoms with Gasteiger partial charge in [-0.3, -0.25) is 0 Å². The summed E-state index contributed by atoms with van der Waals surface area (Å²) in [6.45, 7) is 5.16. The van der Waals surface area contributed by atoms with Crippen molar-refractivity contribution in [3.05, 3.63) is 41.9 Å². The van der Waals surface area contributed by atoms with Gasteiger partial charge in [0, 0.05) is 36.1 Å². The molecule has 5 nitrogen and oxygen atoms in total. The highest BCUT2D eigenvalue weighted by molar-refractivity contribution is 5.69. The second-order valence-corrected chi connectivity index (χ2v) is 5.76. The van der Waals surface area contributed by atoms with Crippen LogP contribution in [0.3, 0.4) is 0 Å². The molecule has 1 aromatic heterocycles. The molecule has 2 aromatic rings. The first kappa shape index (κ1) is 16.2. The molecule has 1 N–H and O–H groups in total. The van der Waals surface area contributed by atoms with Gasteiger partial charge in [-0.1, -0.05) is 19.1 Å². The standard InChI is InChI=1S/C18H21FN4O/c1-4-12(2)23-9-5-6-13-11-20-18(22-17(13)23)21-14-7-8-16(24-3)15(19)10-14/h5-8,10-12H,4,9H2,1-3H3,(H,20,21,22). The lowest BCUT2D eigenvalue weighted by atomic mass is 10.1. The Morgan fingerprint density at radius 3 is 2.96 bits per heavy atom. The van der Waals surface area contributed by atoms with Crippen LogP contribution in [-0.4, -0.2) is 29.7 Å². The fourth-order valence-electron chi connectivity index (χ4n) is 2.65. The first-order chi connectivity index (χ1) is 11.6. The number of rotatable bonds is 5. The minimum absolute atomic E-state index is 0.208. The van der Waals surface area contributed by atoms with Crippen molar-refractivity contribution in [2.75, 3.05) is 23.9 Å². The molecule has 0 amide bonds. The maximum atomic E-state index is 13.8. The van der Waals surface area contributed by atoms with E-state index in [1.807, 2.05) is 6.08 Å². The lowest BCUT2D eigenvalue weighted by molar-refractivity contribution is 0.386. The van der Waals surface area contributed by atoms with E-state index in [2.05, 4.69) is 40.1 Å². The van der Waals surface area contributed by atoms with Crippen LogP contribution in [-0.2, 0) is 0 Å². The molecular formula is C18H21FN4O. The van der Waals surface area contributed by atoms with E-state index in [-0.39, 0.29) is 5.75 Å². The molecule has 1 aliphatic rings. The van der Waals surface area contributed by atoms with Crippen molar-refractivity contribution in [1.29, 1.82) is 0 Å². The highest BCUT2D eigenvalue weighted by atomic mass is 19.1. The van der Waals surface area contributed by atoms with Gasteiger partial charge < -0.3 is 15.0 Å². The Kier molecular flexibility index (Phi) is 4.64. The summed E-state index contributed by atoms with van der Waals surface area (Å²) < 4.78 is 18.7. The van der Waals surface area contributed by atoms with E-state index < -0.39 is 5.82 Å². The number of hydrogen-bond donors (Lipinski definition) is 1. The predicted octanol–water partition coefficient (Wildman–Crippen LogP) is 4.00. The lowest BCUT2D eigenvalue weighted by Crippen LogP contribution is -2.35. The maximum absolute atomic E-state index is 13.8. The fourth-order valence-corrected chi connectivity index (χ4v) is 2.65. The quantitative estimate of drug-likeness (QED) is 0.899. The summed E-state index contributed by atoms with van der Waals surface area (Å²) in [4.78, 5) is 11.2. The summed E-state index contributed by atoms with van der Waals surface area (Å²) in [5, 5.41) is 3.06. The van der Waals surface area contributed by atoms with Crippen LogP contribution in [0.15, 0.2) is 30.5 Å². The Bertz CT molecular complexity index is 763. The molecule has 3 rings (SSSR count). The normalized spacial score (nSPS) is 14.2. The number of aromatic nitrogens is 2. The Balaban J connectivity index is 1.88. The zero-order valence-electron chi connectivity index (χ0n) is 14.1. The van der Waals surface area contributed by atoms with Gasteiger partial charge in [0.15, 0.2) is 11.6 Å². The summed E-state index contributed by atoms with van der Waals surface area (Å²) in [5.74, 6) is 1.13. The van der Waals surface area contributed by atoms with Gasteiger partial charge in [-0.25, -0.2) is 9.37 Å². The van der Waals surface area contributed by atoms with Gasteiger partial charge in [-0.15, -0.1) is 0 Å². The topological polar surface area (TPSA) is 50.3 Å². The van der Waals surface area contributed by atoms with Crippen LogP contribution in [0, 0.1) is 5.82 Å². The van der Waals surface area contributed by atoms with E-state index in [4.69, 9.17) is 4.74 Å². The second kappa shape index (κ2) is 6.86. The molecule has 0 saturated heterocycles. The molecule has 0 fully saturated rings. The van der Waals surface area contributed by atoms with Gasteiger partial charge >= 0.3 is 0 Å². The Labute approximate surface area is 141 Å². The molecule has 6 heteroatoms. The molecule has 0 aliphatic carbocycles. The van der Waals surface area contributed by atoms with Crippen LogP contribution in [0.2, 0.25) is 0 Å². The van der Waals surface area contributed by atoms with Crippen LogP contribution in [0.1, 0.15) is 25.8 Å². The average molecular weight is 328 g/mol. The van der Waals surface area contributed by atoms with Crippen molar-refractivity contribution in [3.63, 3.8) is 0 Å². The highest BCUT2D eigenvalue weighted by Gasteiger charge is 2.20. The molecule has 1 aromatic carbocycles. The predicted molar refractivity (Wildman–Crippen MR) is 94.4 cm³/mol. The molecule has 0 bridgehead atoms. The molecule has 0 saturated carbocycles. The first-order valence-electron chi connectivity index (χ1n) is 8.03. The third kappa shape index (κ3) is 3.18. The molecule has 24 heavy (non-hydrogen) atoms. The molecule has 1 unspecified atom stereocenters. The SMILES string of the molecule is CCC(C)N1CC=Cc2cnc(Nc3ccc(OC)c(F)c3)nc21. The van der Waals surface area contributed by atoms with Gasteiger partial charge in [0.1, 0.15) is 5.82 Å². The summed E-state index contributed by atoms with van der Waals surface area (Å²) in [5.41, 5.74) is 1.57. The van der Waals surface area contributed by atoms with Crippen LogP contribution >= 0.6 is 0 Å². The zero-order valence-corrected chi connectivity index (χ0v) is 14.1. The monoisotopic (exact) mass is 328 g/mol. The van der Waals surface area contributed by atoms with Crippen molar-refractivity contribution >= 4 is 23.5 Å². The summed E-state index contributed by atoms with van der Waals surface area (Å²) in [6, 6.07) is 5.06. The third-order valence-corrected chi connectivity index (χ3v) is 4.20. The van der Waals surface area contributed by atoms with Crippen LogP contribution in [0.25, 0.3) is 6.08 Å². The van der Waals surface area contributed by atoms with Crippen molar-refractivity contribution in [2.45, 2.75) is 26.3 Å². The van der Waals surface area contributed by atoms with Gasteiger partial charge in [0.05, 0.1) is 7.11 Å². The van der Waals surface area contributed by atoms with Crippen LogP contribution < -0.4 is 15.0 Å². The zero-order chi connectivity index (χ0) is 17.1. The number of nitrogens with zero attached hydrogens (tertiary/aromatic N) is 3. The summed E-state index contributed by atoms with van der Waals surface area (Å²) in [6.07, 6.45) is 6.97. The number of anilines is 3. The number of hydrogen-bond acceptors (Lipinski definition) is 5. The number of benzene rings is 1. The van der Waals surface area contributed by atoms with Gasteiger partial charge in [-0.05, 0) is 25.5 Å². The lowest BCUT2D eigenvalue weighted by Gasteiger charge is -2.32. The van der Waals surface area contributed by atoms with E-state index in [0.717, 1.165) is 24.3 Å². The van der Waals surface area contributed by atoms with Crippen LogP contribution in [0.5, 0.6) is 5.75 Å².